The van der Waals surface area contributed by atoms with Crippen molar-refractivity contribution in [3.63, 3.8) is 0 Å². The van der Waals surface area contributed by atoms with Gasteiger partial charge in [0.1, 0.15) is 18.5 Å². The van der Waals surface area contributed by atoms with Crippen LogP contribution in [0.2, 0.25) is 0 Å². The van der Waals surface area contributed by atoms with Gasteiger partial charge in [-0.1, -0.05) is 15.9 Å². The van der Waals surface area contributed by atoms with Crippen LogP contribution in [0.4, 0.5) is 0 Å². The number of hydrogen-bond donors (Lipinski definition) is 1. The van der Waals surface area contributed by atoms with E-state index in [2.05, 4.69) is 25.9 Å². The third-order valence-electron chi connectivity index (χ3n) is 3.63. The Morgan fingerprint density at radius 1 is 1.45 bits per heavy atom. The van der Waals surface area contributed by atoms with Crippen molar-refractivity contribution in [3.05, 3.63) is 29.0 Å². The number of nitrogens with zero attached hydrogens (tertiary/aromatic N) is 3. The van der Waals surface area contributed by atoms with Gasteiger partial charge in [0.15, 0.2) is 0 Å². The van der Waals surface area contributed by atoms with Crippen LogP contribution in [0.15, 0.2) is 29.0 Å². The number of rotatable bonds is 3. The predicted molar refractivity (Wildman–Crippen MR) is 87.6 cm³/mol. The number of ether oxygens (including phenoxy) is 1. The zero-order valence-corrected chi connectivity index (χ0v) is 14.2. The molecule has 1 fully saturated rings. The molecule has 1 aliphatic rings. The topological polar surface area (TPSA) is 75.5 Å². The quantitative estimate of drug-likeness (QED) is 0.870. The number of likely N-dealkylation sites (tertiary alicyclic amines) is 1. The van der Waals surface area contributed by atoms with E-state index in [9.17, 15) is 4.79 Å². The molecule has 0 saturated carbocycles. The molecule has 0 spiro atoms. The van der Waals surface area contributed by atoms with Crippen LogP contribution in [-0.2, 0) is 4.79 Å². The summed E-state index contributed by atoms with van der Waals surface area (Å²) < 4.78 is 6.84. The number of carboxylic acid groups (broad SMARTS) is 1. The lowest BCUT2D eigenvalue weighted by atomic mass is 10.2. The fraction of sp³-hybridized carbons (Fsp3) is 0.357. The van der Waals surface area contributed by atoms with Gasteiger partial charge in [-0.25, -0.2) is 9.97 Å². The predicted octanol–water partition coefficient (Wildman–Crippen LogP) is 2.35. The molecule has 22 heavy (non-hydrogen) atoms. The van der Waals surface area contributed by atoms with Crippen LogP contribution < -0.4 is 4.74 Å². The number of hydrogen-bond acceptors (Lipinski definition) is 5. The van der Waals surface area contributed by atoms with Crippen LogP contribution >= 0.6 is 28.3 Å². The minimum atomic E-state index is -0.820. The summed E-state index contributed by atoms with van der Waals surface area (Å²) in [5, 5.41) is 9.96. The zero-order valence-electron chi connectivity index (χ0n) is 11.8. The molecule has 0 bridgehead atoms. The van der Waals surface area contributed by atoms with Crippen LogP contribution in [0.25, 0.3) is 10.9 Å². The van der Waals surface area contributed by atoms with E-state index < -0.39 is 12.0 Å². The Bertz CT molecular complexity index is 700. The van der Waals surface area contributed by atoms with Crippen molar-refractivity contribution < 1.29 is 14.6 Å². The van der Waals surface area contributed by atoms with Crippen LogP contribution in [0.3, 0.4) is 0 Å². The molecule has 2 aromatic rings. The molecule has 1 aliphatic heterocycles. The number of likely N-dealkylation sites (N-methyl/N-ethyl adjacent to an activating group) is 1. The van der Waals surface area contributed by atoms with Crippen molar-refractivity contribution in [2.75, 3.05) is 13.6 Å². The average molecular weight is 389 g/mol. The molecule has 1 aromatic heterocycles. The van der Waals surface area contributed by atoms with Gasteiger partial charge in [0.2, 0.25) is 5.88 Å². The van der Waals surface area contributed by atoms with E-state index in [1.54, 1.807) is 11.9 Å². The molecule has 3 rings (SSSR count). The lowest BCUT2D eigenvalue weighted by molar-refractivity contribution is -0.141. The zero-order chi connectivity index (χ0) is 15.0. The molecule has 0 amide bonds. The van der Waals surface area contributed by atoms with E-state index in [-0.39, 0.29) is 18.5 Å². The molecule has 0 aliphatic carbocycles. The highest BCUT2D eigenvalue weighted by Crippen LogP contribution is 2.28. The molecule has 2 atom stereocenters. The molecular formula is C14H15BrClN3O3. The Hall–Kier alpha value is -1.44. The lowest BCUT2D eigenvalue weighted by Crippen LogP contribution is -2.32. The van der Waals surface area contributed by atoms with Gasteiger partial charge in [-0.3, -0.25) is 9.69 Å². The summed E-state index contributed by atoms with van der Waals surface area (Å²) in [4.78, 5) is 21.3. The monoisotopic (exact) mass is 387 g/mol. The van der Waals surface area contributed by atoms with E-state index in [0.29, 0.717) is 18.8 Å². The Kier molecular flexibility index (Phi) is 5.20. The molecule has 118 valence electrons. The van der Waals surface area contributed by atoms with Crippen molar-refractivity contribution in [3.8, 4) is 5.88 Å². The molecule has 1 saturated heterocycles. The lowest BCUT2D eigenvalue weighted by Gasteiger charge is -2.14. The highest BCUT2D eigenvalue weighted by Gasteiger charge is 2.36. The normalized spacial score (nSPS) is 21.5. The first-order chi connectivity index (χ1) is 10.0. The maximum absolute atomic E-state index is 11.1. The van der Waals surface area contributed by atoms with Gasteiger partial charge >= 0.3 is 5.97 Å². The highest BCUT2D eigenvalue weighted by atomic mass is 79.9. The van der Waals surface area contributed by atoms with Crippen molar-refractivity contribution in [2.45, 2.75) is 18.6 Å². The molecule has 0 radical (unpaired) electrons. The fourth-order valence-electron chi connectivity index (χ4n) is 2.58. The first-order valence-electron chi connectivity index (χ1n) is 6.54. The van der Waals surface area contributed by atoms with Crippen molar-refractivity contribution in [2.24, 2.45) is 0 Å². The second kappa shape index (κ2) is 6.76. The summed E-state index contributed by atoms with van der Waals surface area (Å²) in [6, 6.07) is 5.19. The first kappa shape index (κ1) is 16.9. The van der Waals surface area contributed by atoms with Crippen molar-refractivity contribution in [1.29, 1.82) is 0 Å². The van der Waals surface area contributed by atoms with Crippen LogP contribution in [0.5, 0.6) is 5.88 Å². The average Bonchev–Trinajstić information content (AvgIpc) is 2.80. The van der Waals surface area contributed by atoms with Gasteiger partial charge in [0.05, 0.1) is 10.9 Å². The summed E-state index contributed by atoms with van der Waals surface area (Å²) in [5.74, 6) is -0.329. The fourth-order valence-corrected chi connectivity index (χ4v) is 2.94. The van der Waals surface area contributed by atoms with Crippen LogP contribution in [0, 0.1) is 0 Å². The van der Waals surface area contributed by atoms with Crippen LogP contribution in [0.1, 0.15) is 6.42 Å². The number of halogens is 2. The second-order valence-electron chi connectivity index (χ2n) is 5.11. The molecule has 1 N–H and O–H groups in total. The van der Waals surface area contributed by atoms with Gasteiger partial charge in [0.25, 0.3) is 0 Å². The van der Waals surface area contributed by atoms with E-state index in [1.165, 1.54) is 6.33 Å². The Balaban J connectivity index is 0.00000176. The maximum Gasteiger partial charge on any atom is 0.321 e. The third kappa shape index (κ3) is 3.31. The van der Waals surface area contributed by atoms with Gasteiger partial charge < -0.3 is 9.84 Å². The van der Waals surface area contributed by atoms with Gasteiger partial charge in [0, 0.05) is 17.4 Å². The number of carbonyl (C=O) groups is 1. The number of fused-ring (bicyclic) bond motifs is 1. The summed E-state index contributed by atoms with van der Waals surface area (Å²) >= 11 is 3.42. The standard InChI is InChI=1S/C14H14BrN3O3.ClH/c1-18-6-9(5-12(18)14(19)20)21-13-10-4-8(15)2-3-11(10)16-7-17-13;/h2-4,7,9,12H,5-6H2,1H3,(H,19,20);1H/t9-,12+;/m1./s1. The number of benzene rings is 1. The second-order valence-corrected chi connectivity index (χ2v) is 6.03. The Labute approximate surface area is 142 Å². The SMILES string of the molecule is CN1C[C@H](Oc2ncnc3ccc(Br)cc23)C[C@H]1C(=O)O.Cl. The number of aromatic nitrogens is 2. The highest BCUT2D eigenvalue weighted by molar-refractivity contribution is 9.10. The molecule has 1 aromatic carbocycles. The molecule has 6 nitrogen and oxygen atoms in total. The van der Waals surface area contributed by atoms with Crippen LogP contribution in [-0.4, -0.2) is 51.7 Å². The molecule has 0 unspecified atom stereocenters. The summed E-state index contributed by atoms with van der Waals surface area (Å²) in [7, 11) is 1.79. The molecular weight excluding hydrogens is 374 g/mol. The molecule has 8 heteroatoms. The van der Waals surface area contributed by atoms with Gasteiger partial charge in [-0.2, -0.15) is 0 Å². The van der Waals surface area contributed by atoms with Gasteiger partial charge in [-0.15, -0.1) is 12.4 Å². The summed E-state index contributed by atoms with van der Waals surface area (Å²) in [5.41, 5.74) is 0.796. The number of aliphatic carboxylic acids is 1. The maximum atomic E-state index is 11.1. The van der Waals surface area contributed by atoms with E-state index in [4.69, 9.17) is 9.84 Å². The summed E-state index contributed by atoms with van der Waals surface area (Å²) in [6.07, 6.45) is 1.72. The Morgan fingerprint density at radius 3 is 2.91 bits per heavy atom. The van der Waals surface area contributed by atoms with Gasteiger partial charge in [-0.05, 0) is 25.2 Å². The van der Waals surface area contributed by atoms with E-state index in [1.807, 2.05) is 18.2 Å². The summed E-state index contributed by atoms with van der Waals surface area (Å²) in [6.45, 7) is 0.566. The minimum Gasteiger partial charge on any atom is -0.480 e. The molecule has 2 heterocycles. The third-order valence-corrected chi connectivity index (χ3v) is 4.13. The minimum absolute atomic E-state index is 0. The first-order valence-corrected chi connectivity index (χ1v) is 7.34. The van der Waals surface area contributed by atoms with E-state index in [0.717, 1.165) is 15.4 Å². The smallest absolute Gasteiger partial charge is 0.321 e. The largest absolute Gasteiger partial charge is 0.480 e. The van der Waals surface area contributed by atoms with E-state index >= 15 is 0 Å². The Morgan fingerprint density at radius 2 is 2.23 bits per heavy atom. The van der Waals surface area contributed by atoms with Crippen molar-refractivity contribution in [1.82, 2.24) is 14.9 Å². The number of carboxylic acids is 1. The van der Waals surface area contributed by atoms with Crippen molar-refractivity contribution >= 4 is 45.2 Å².